The van der Waals surface area contributed by atoms with E-state index in [0.717, 1.165) is 5.69 Å². The topological polar surface area (TPSA) is 4.93 Å². The average molecular weight is 722 g/mol. The maximum absolute atomic E-state index is 2.60. The molecule has 1 nitrogen and oxygen atoms in total. The summed E-state index contributed by atoms with van der Waals surface area (Å²) in [6.45, 7) is 0. The largest absolute Gasteiger partial charge is 0.309 e. The number of fused-ring (bicyclic) bond motifs is 19. The molecule has 3 aliphatic carbocycles. The Morgan fingerprint density at radius 1 is 0.263 bits per heavy atom. The van der Waals surface area contributed by atoms with Crippen molar-refractivity contribution in [2.24, 2.45) is 0 Å². The summed E-state index contributed by atoms with van der Waals surface area (Å²) in [6, 6.07) is 80.1. The van der Waals surface area contributed by atoms with Gasteiger partial charge in [-0.2, -0.15) is 0 Å². The van der Waals surface area contributed by atoms with E-state index in [0.29, 0.717) is 0 Å². The molecule has 0 unspecified atom stereocenters. The molecule has 0 radical (unpaired) electrons. The summed E-state index contributed by atoms with van der Waals surface area (Å²) in [5, 5.41) is 2.53. The fourth-order valence-corrected chi connectivity index (χ4v) is 11.4. The Labute approximate surface area is 331 Å². The molecular weight excluding hydrogens is 687 g/mol. The second-order valence-electron chi connectivity index (χ2n) is 15.9. The molecule has 3 aliphatic rings. The molecule has 13 rings (SSSR count). The monoisotopic (exact) mass is 721 g/mol. The normalized spacial score (nSPS) is 14.6. The lowest BCUT2D eigenvalue weighted by Crippen LogP contribution is -2.43. The highest BCUT2D eigenvalue weighted by Crippen LogP contribution is 2.67. The molecule has 0 aliphatic heterocycles. The van der Waals surface area contributed by atoms with Crippen LogP contribution in [0.15, 0.2) is 212 Å². The minimum atomic E-state index is -0.543. The number of benzene rings is 9. The highest BCUT2D eigenvalue weighted by atomic mass is 15.0. The van der Waals surface area contributed by atoms with Gasteiger partial charge in [-0.15, -0.1) is 0 Å². The summed E-state index contributed by atoms with van der Waals surface area (Å²) in [6.07, 6.45) is 0. The summed E-state index contributed by atoms with van der Waals surface area (Å²) < 4.78 is 2.52. The van der Waals surface area contributed by atoms with Gasteiger partial charge < -0.3 is 4.57 Å². The van der Waals surface area contributed by atoms with Crippen molar-refractivity contribution in [2.75, 3.05) is 0 Å². The van der Waals surface area contributed by atoms with Gasteiger partial charge in [0, 0.05) is 16.5 Å². The summed E-state index contributed by atoms with van der Waals surface area (Å²) in [4.78, 5) is 0. The Bertz CT molecular complexity index is 3220. The average Bonchev–Trinajstić information content (AvgIpc) is 3.88. The van der Waals surface area contributed by atoms with Gasteiger partial charge in [-0.3, -0.25) is 0 Å². The van der Waals surface area contributed by atoms with Crippen molar-refractivity contribution >= 4 is 21.8 Å². The highest BCUT2D eigenvalue weighted by Gasteiger charge is 2.59. The SMILES string of the molecule is c1ccc(-c2cccc(-n3c4ccccc4c4cc5c(cc43)C3(c4ccccc4-c4ccccc43)c3ccccc3C53c4ccccc4-c4ccccc43)c2)cc1. The molecule has 0 saturated carbocycles. The number of rotatable bonds is 2. The van der Waals surface area contributed by atoms with Crippen molar-refractivity contribution in [1.29, 1.82) is 0 Å². The third kappa shape index (κ3) is 3.75. The first-order valence-electron chi connectivity index (χ1n) is 20.0. The van der Waals surface area contributed by atoms with Crippen LogP contribution in [0.1, 0.15) is 44.5 Å². The fourth-order valence-electron chi connectivity index (χ4n) is 11.4. The Morgan fingerprint density at radius 2 is 0.702 bits per heavy atom. The summed E-state index contributed by atoms with van der Waals surface area (Å²) >= 11 is 0. The van der Waals surface area contributed by atoms with Crippen LogP contribution in [0, 0.1) is 0 Å². The first kappa shape index (κ1) is 31.0. The van der Waals surface area contributed by atoms with Gasteiger partial charge in [0.15, 0.2) is 0 Å². The van der Waals surface area contributed by atoms with Gasteiger partial charge in [0.1, 0.15) is 0 Å². The van der Waals surface area contributed by atoms with E-state index in [9.17, 15) is 0 Å². The summed E-state index contributed by atoms with van der Waals surface area (Å²) in [7, 11) is 0. The van der Waals surface area contributed by atoms with E-state index in [1.807, 2.05) is 0 Å². The number of hydrogen-bond acceptors (Lipinski definition) is 0. The van der Waals surface area contributed by atoms with E-state index in [4.69, 9.17) is 0 Å². The maximum atomic E-state index is 2.60. The second kappa shape index (κ2) is 11.2. The third-order valence-electron chi connectivity index (χ3n) is 13.5. The molecule has 57 heavy (non-hydrogen) atoms. The minimum Gasteiger partial charge on any atom is -0.309 e. The van der Waals surface area contributed by atoms with Crippen molar-refractivity contribution < 1.29 is 0 Å². The van der Waals surface area contributed by atoms with Gasteiger partial charge in [-0.1, -0.05) is 182 Å². The van der Waals surface area contributed by atoms with Crippen LogP contribution in [-0.4, -0.2) is 4.57 Å². The second-order valence-corrected chi connectivity index (χ2v) is 15.9. The Balaban J connectivity index is 1.25. The molecule has 2 spiro atoms. The fraction of sp³-hybridized carbons (Fsp3) is 0.0357. The zero-order chi connectivity index (χ0) is 37.3. The van der Waals surface area contributed by atoms with Crippen molar-refractivity contribution in [3.05, 3.63) is 257 Å². The first-order chi connectivity index (χ1) is 28.3. The quantitative estimate of drug-likeness (QED) is 0.167. The van der Waals surface area contributed by atoms with E-state index in [1.165, 1.54) is 99.7 Å². The lowest BCUT2D eigenvalue weighted by Gasteiger charge is -2.49. The summed E-state index contributed by atoms with van der Waals surface area (Å²) in [5.74, 6) is 0. The molecule has 10 aromatic rings. The molecule has 9 aromatic carbocycles. The molecule has 0 amide bonds. The highest BCUT2D eigenvalue weighted by molar-refractivity contribution is 6.11. The smallest absolute Gasteiger partial charge is 0.0720 e. The zero-order valence-corrected chi connectivity index (χ0v) is 31.2. The first-order valence-corrected chi connectivity index (χ1v) is 20.0. The molecule has 1 heteroatoms. The molecule has 1 aromatic heterocycles. The van der Waals surface area contributed by atoms with Crippen molar-refractivity contribution in [1.82, 2.24) is 4.57 Å². The number of nitrogens with zero attached hydrogens (tertiary/aromatic N) is 1. The van der Waals surface area contributed by atoms with Crippen LogP contribution < -0.4 is 0 Å². The number of para-hydroxylation sites is 1. The summed E-state index contributed by atoms with van der Waals surface area (Å²) in [5.41, 5.74) is 21.0. The molecule has 0 bridgehead atoms. The van der Waals surface area contributed by atoms with E-state index in [-0.39, 0.29) is 0 Å². The van der Waals surface area contributed by atoms with Gasteiger partial charge in [-0.25, -0.2) is 0 Å². The zero-order valence-electron chi connectivity index (χ0n) is 31.2. The predicted molar refractivity (Wildman–Crippen MR) is 234 cm³/mol. The van der Waals surface area contributed by atoms with Crippen molar-refractivity contribution in [2.45, 2.75) is 10.8 Å². The van der Waals surface area contributed by atoms with Crippen LogP contribution in [0.4, 0.5) is 0 Å². The van der Waals surface area contributed by atoms with Crippen molar-refractivity contribution in [3.8, 4) is 39.1 Å². The van der Waals surface area contributed by atoms with E-state index < -0.39 is 10.8 Å². The van der Waals surface area contributed by atoms with Crippen LogP contribution >= 0.6 is 0 Å². The lowest BCUT2D eigenvalue weighted by atomic mass is 9.52. The standard InChI is InChI=1S/C56H35N/c1-2-17-36(18-3-1)37-19-16-20-38(33-37)57-53-32-15-8-25-43(53)44-34-51-52(35-54(44)57)56(47-28-11-6-23-41(47)42-24-7-12-29-48(42)56)50-31-14-13-30-49(50)55(51)45-26-9-4-21-39(45)40-22-5-10-27-46(40)55/h1-35H. The van der Waals surface area contributed by atoms with E-state index in [2.05, 4.69) is 217 Å². The maximum Gasteiger partial charge on any atom is 0.0720 e. The van der Waals surface area contributed by atoms with Gasteiger partial charge in [0.05, 0.1) is 21.9 Å². The molecule has 0 N–H and O–H groups in total. The van der Waals surface area contributed by atoms with Crippen LogP contribution in [0.25, 0.3) is 60.9 Å². The number of aromatic nitrogens is 1. The predicted octanol–water partition coefficient (Wildman–Crippen LogP) is 13.5. The Hall–Kier alpha value is -7.22. The molecule has 264 valence electrons. The Kier molecular flexibility index (Phi) is 6.09. The van der Waals surface area contributed by atoms with Crippen molar-refractivity contribution in [3.63, 3.8) is 0 Å². The lowest BCUT2D eigenvalue weighted by molar-refractivity contribution is 0.634. The molecule has 1 heterocycles. The Morgan fingerprint density at radius 3 is 1.26 bits per heavy atom. The third-order valence-corrected chi connectivity index (χ3v) is 13.5. The molecule has 0 saturated heterocycles. The van der Waals surface area contributed by atoms with E-state index in [1.54, 1.807) is 0 Å². The van der Waals surface area contributed by atoms with Crippen LogP contribution in [0.5, 0.6) is 0 Å². The molecule has 0 fully saturated rings. The van der Waals surface area contributed by atoms with Crippen LogP contribution in [0.3, 0.4) is 0 Å². The van der Waals surface area contributed by atoms with Gasteiger partial charge in [0.25, 0.3) is 0 Å². The number of hydrogen-bond donors (Lipinski definition) is 0. The van der Waals surface area contributed by atoms with Gasteiger partial charge in [0.2, 0.25) is 0 Å². The molecule has 0 atom stereocenters. The van der Waals surface area contributed by atoms with Crippen LogP contribution in [-0.2, 0) is 10.8 Å². The van der Waals surface area contributed by atoms with Gasteiger partial charge in [-0.05, 0) is 108 Å². The minimum absolute atomic E-state index is 0.526. The van der Waals surface area contributed by atoms with Crippen LogP contribution in [0.2, 0.25) is 0 Å². The van der Waals surface area contributed by atoms with Gasteiger partial charge >= 0.3 is 0 Å². The molecular formula is C56H35N. The van der Waals surface area contributed by atoms with E-state index >= 15 is 0 Å².